The van der Waals surface area contributed by atoms with Crippen LogP contribution >= 0.6 is 11.6 Å². The van der Waals surface area contributed by atoms with Crippen molar-refractivity contribution in [2.45, 2.75) is 248 Å². The van der Waals surface area contributed by atoms with Gasteiger partial charge < -0.3 is 59.9 Å². The number of aryl methyl sites for hydroxylation is 1. The Balaban J connectivity index is 1.10. The van der Waals surface area contributed by atoms with Gasteiger partial charge in [-0.25, -0.2) is 8.78 Å². The largest absolute Gasteiger partial charge is 0.417 e. The zero-order valence-electron chi connectivity index (χ0n) is 63.7. The highest BCUT2D eigenvalue weighted by Crippen LogP contribution is 2.38. The molecule has 570 valence electrons. The number of hydrogen-bond donors (Lipinski definition) is 3. The molecule has 1 spiro atoms. The normalized spacial score (nSPS) is 31.0. The third-order valence-electron chi connectivity index (χ3n) is 25.1. The highest BCUT2D eigenvalue weighted by Gasteiger charge is 2.47. The fourth-order valence-corrected chi connectivity index (χ4v) is 18.3. The second-order valence-corrected chi connectivity index (χ2v) is 33.7. The first-order chi connectivity index (χ1) is 47.1. The van der Waals surface area contributed by atoms with Crippen molar-refractivity contribution in [3.05, 3.63) is 34.3 Å². The lowest BCUT2D eigenvalue weighted by Gasteiger charge is -2.47. The van der Waals surface area contributed by atoms with Crippen molar-refractivity contribution in [2.24, 2.45) is 23.7 Å². The van der Waals surface area contributed by atoms with Crippen LogP contribution in [0.2, 0.25) is 5.02 Å². The Morgan fingerprint density at radius 1 is 0.677 bits per heavy atom. The summed E-state index contributed by atoms with van der Waals surface area (Å²) in [5.74, 6) is -0.716. The van der Waals surface area contributed by atoms with E-state index in [4.69, 9.17) is 16.3 Å². The van der Waals surface area contributed by atoms with Crippen LogP contribution in [-0.2, 0) is 26.9 Å². The maximum Gasteiger partial charge on any atom is 0.417 e. The van der Waals surface area contributed by atoms with Crippen molar-refractivity contribution >= 4 is 23.4 Å². The van der Waals surface area contributed by atoms with E-state index in [1.165, 1.54) is 68.8 Å². The van der Waals surface area contributed by atoms with Crippen LogP contribution in [0.1, 0.15) is 181 Å². The highest BCUT2D eigenvalue weighted by atomic mass is 35.5. The van der Waals surface area contributed by atoms with Crippen molar-refractivity contribution in [2.75, 3.05) is 174 Å². The summed E-state index contributed by atoms with van der Waals surface area (Å²) in [7, 11) is 15.9. The Kier molecular flexibility index (Phi) is 32.6. The molecule has 7 fully saturated rings. The van der Waals surface area contributed by atoms with E-state index in [-0.39, 0.29) is 53.0 Å². The first-order valence-electron chi connectivity index (χ1n) is 39.3. The van der Waals surface area contributed by atoms with E-state index in [0.29, 0.717) is 113 Å². The lowest BCUT2D eigenvalue weighted by molar-refractivity contribution is -0.166. The van der Waals surface area contributed by atoms with Crippen LogP contribution < -0.4 is 16.0 Å². The molecule has 99 heavy (non-hydrogen) atoms. The third kappa shape index (κ3) is 25.1. The zero-order valence-corrected chi connectivity index (χ0v) is 64.4. The molecule has 4 heterocycles. The molecule has 0 bridgehead atoms. The topological polar surface area (TPSA) is 112 Å². The van der Waals surface area contributed by atoms with Gasteiger partial charge in [-0.05, 0) is 168 Å². The Labute approximate surface area is 601 Å². The zero-order chi connectivity index (χ0) is 71.6. The number of alkyl halides is 5. The molecule has 3 saturated carbocycles. The fraction of sp³-hybridized carbons (Fsp3) is 0.896. The number of halogens is 6. The van der Waals surface area contributed by atoms with Crippen molar-refractivity contribution in [3.63, 3.8) is 0 Å². The van der Waals surface area contributed by atoms with Crippen LogP contribution in [0, 0.1) is 23.7 Å². The Bertz CT molecular complexity index is 2530. The van der Waals surface area contributed by atoms with Crippen LogP contribution in [0.15, 0.2) is 18.2 Å². The number of likely N-dealkylation sites (N-methyl/N-ethyl adjacent to an activating group) is 7. The van der Waals surface area contributed by atoms with Gasteiger partial charge in [0.25, 0.3) is 5.92 Å². The Morgan fingerprint density at radius 2 is 1.36 bits per heavy atom. The second kappa shape index (κ2) is 39.3. The van der Waals surface area contributed by atoms with Gasteiger partial charge in [0.15, 0.2) is 0 Å². The molecule has 10 atom stereocenters. The monoisotopic (exact) mass is 1420 g/mol. The smallest absolute Gasteiger partial charge is 0.378 e. The number of benzene rings is 1. The van der Waals surface area contributed by atoms with Crippen LogP contribution in [-0.4, -0.2) is 300 Å². The summed E-state index contributed by atoms with van der Waals surface area (Å²) in [5.41, 5.74) is -0.326. The molecule has 22 heteroatoms. The number of rotatable bonds is 14. The molecular formula is C77H137ClF5N13O3. The quantitative estimate of drug-likeness (QED) is 0.154. The maximum atomic E-state index is 15.2. The predicted octanol–water partition coefficient (Wildman–Crippen LogP) is 10.7. The van der Waals surface area contributed by atoms with Gasteiger partial charge in [-0.1, -0.05) is 110 Å². The van der Waals surface area contributed by atoms with E-state index in [0.717, 1.165) is 141 Å². The fourth-order valence-electron chi connectivity index (χ4n) is 18.0. The molecule has 1 aromatic carbocycles. The van der Waals surface area contributed by atoms with Gasteiger partial charge in [0.1, 0.15) is 0 Å². The van der Waals surface area contributed by atoms with Crippen molar-refractivity contribution < 1.29 is 36.3 Å². The number of nitrogens with one attached hydrogen (secondary N) is 3. The molecule has 2 amide bonds. The average molecular weight is 1420 g/mol. The number of morpholine rings is 1. The standard InChI is InChI=1S/C77H137ClF5N13O3/c1-13-58(4)70-52-89(8)59(5)48-95-37-31-65(95)51-91(10)67(44-60-21-15-14-16-22-60)50-87(6)38-35-84-63(27-25-61-26-29-68(69(78)45-61)77(81,82)83)49-90(9)64(28-30-73(97)96-55-76(79,80)56-96)47-86-75(33-19-20-34-75)54-93(12)72(62-23-17-18-24-62)53-92(11)71(74(98)94-39-41-99-42-40-94)32-36-88(7)66(46-85-70)43-57(2)3/h26,29,45,57-60,62-67,70-72,84-86H,13-25,27-28,30-44,46-56H2,1-12H3/t58-,59-,63-,64-,65-,66-,67-,70+,71-,72+/m0/s1. The minimum absolute atomic E-state index is 0.0833. The molecule has 0 aromatic heterocycles. The van der Waals surface area contributed by atoms with Crippen LogP contribution in [0.25, 0.3) is 0 Å². The molecular weight excluding hydrogens is 1290 g/mol. The molecule has 0 unspecified atom stereocenters. The van der Waals surface area contributed by atoms with E-state index in [2.05, 4.69) is 144 Å². The molecule has 0 radical (unpaired) electrons. The summed E-state index contributed by atoms with van der Waals surface area (Å²) in [6.45, 7) is 24.2. The van der Waals surface area contributed by atoms with E-state index in [9.17, 15) is 26.7 Å². The van der Waals surface area contributed by atoms with Gasteiger partial charge in [0.05, 0.1) is 42.9 Å². The summed E-state index contributed by atoms with van der Waals surface area (Å²) >= 11 is 6.35. The van der Waals surface area contributed by atoms with E-state index < -0.39 is 30.8 Å². The number of carbonyl (C=O) groups excluding carboxylic acids is 2. The lowest BCUT2D eigenvalue weighted by atomic mass is 9.84. The first-order valence-corrected chi connectivity index (χ1v) is 39.7. The summed E-state index contributed by atoms with van der Waals surface area (Å²) < 4.78 is 76.3. The molecule has 4 saturated heterocycles. The minimum Gasteiger partial charge on any atom is -0.378 e. The summed E-state index contributed by atoms with van der Waals surface area (Å²) in [4.78, 5) is 52.7. The maximum absolute atomic E-state index is 15.2. The molecule has 4 aliphatic heterocycles. The lowest BCUT2D eigenvalue weighted by Crippen LogP contribution is -2.60. The van der Waals surface area contributed by atoms with Gasteiger partial charge in [0, 0.05) is 158 Å². The number of fused-ring (bicyclic) bond motifs is 1. The summed E-state index contributed by atoms with van der Waals surface area (Å²) in [6, 6.07) is 5.69. The number of hydrogen-bond acceptors (Lipinski definition) is 14. The Morgan fingerprint density at radius 3 is 2.00 bits per heavy atom. The van der Waals surface area contributed by atoms with Crippen molar-refractivity contribution in [1.29, 1.82) is 0 Å². The molecule has 1 aromatic rings. The number of nitrogens with zero attached hydrogens (tertiary/aromatic N) is 10. The minimum atomic E-state index is -4.56. The SMILES string of the molecule is CC[C@H](C)[C@H]1CN(C)[C@@H](C)CN2CC[C@H]2CN(C)[C@@H](CC2CCCCC2)CN(C)CCN[C@@H](CCc2ccc(C(F)(F)F)c(Cl)c2)CN(C)[C@@H](CCC(=O)N2CC(F)(F)C2)CNC2(CCCC2)CN(C)[C@@H](C2CCCC2)CN(C)[C@H](C(=O)N2CCOCC2)CCN(C)[C@@H](CC(C)C)CN1. The summed E-state index contributed by atoms with van der Waals surface area (Å²) in [5, 5.41) is 12.0. The van der Waals surface area contributed by atoms with Crippen molar-refractivity contribution in [1.82, 2.24) is 64.9 Å². The average Bonchev–Trinajstić information content (AvgIpc) is 1.63. The van der Waals surface area contributed by atoms with E-state index >= 15 is 4.79 Å². The van der Waals surface area contributed by atoms with Crippen molar-refractivity contribution in [3.8, 4) is 0 Å². The van der Waals surface area contributed by atoms with Gasteiger partial charge in [-0.2, -0.15) is 13.2 Å². The van der Waals surface area contributed by atoms with Gasteiger partial charge in [-0.15, -0.1) is 0 Å². The molecule has 16 nitrogen and oxygen atoms in total. The van der Waals surface area contributed by atoms with E-state index in [1.807, 2.05) is 0 Å². The molecule has 7 aliphatic rings. The number of ether oxygens (including phenoxy) is 1. The molecule has 8 rings (SSSR count). The highest BCUT2D eigenvalue weighted by molar-refractivity contribution is 6.31. The molecule has 3 N–H and O–H groups in total. The summed E-state index contributed by atoms with van der Waals surface area (Å²) in [6.07, 6.45) is 17.9. The van der Waals surface area contributed by atoms with Crippen LogP contribution in [0.4, 0.5) is 22.0 Å². The van der Waals surface area contributed by atoms with E-state index in [1.54, 1.807) is 6.07 Å². The van der Waals surface area contributed by atoms with Gasteiger partial charge >= 0.3 is 6.18 Å². The Hall–Kier alpha value is -2.38. The molecule has 3 aliphatic carbocycles. The van der Waals surface area contributed by atoms with Crippen LogP contribution in [0.5, 0.6) is 0 Å². The van der Waals surface area contributed by atoms with Crippen LogP contribution in [0.3, 0.4) is 0 Å². The predicted molar refractivity (Wildman–Crippen MR) is 394 cm³/mol. The number of likely N-dealkylation sites (tertiary alicyclic amines) is 1. The first kappa shape index (κ1) is 82.3. The third-order valence-corrected chi connectivity index (χ3v) is 25.4. The number of amides is 2. The number of carbonyl (C=O) groups is 2. The second-order valence-electron chi connectivity index (χ2n) is 33.3. The van der Waals surface area contributed by atoms with Gasteiger partial charge in [-0.3, -0.25) is 19.4 Å². The van der Waals surface area contributed by atoms with Gasteiger partial charge in [0.2, 0.25) is 11.8 Å².